The molecule has 0 saturated carbocycles. The van der Waals surface area contributed by atoms with Gasteiger partial charge in [0.05, 0.1) is 24.7 Å². The van der Waals surface area contributed by atoms with Crippen molar-refractivity contribution in [3.8, 4) is 23.0 Å². The van der Waals surface area contributed by atoms with E-state index in [-0.39, 0.29) is 24.1 Å². The van der Waals surface area contributed by atoms with E-state index in [2.05, 4.69) is 5.32 Å². The molecular weight excluding hydrogens is 462 g/mol. The van der Waals surface area contributed by atoms with Crippen LogP contribution in [0.25, 0.3) is 0 Å². The van der Waals surface area contributed by atoms with Crippen molar-refractivity contribution in [1.29, 1.82) is 0 Å². The van der Waals surface area contributed by atoms with Crippen LogP contribution in [0.5, 0.6) is 23.0 Å². The lowest BCUT2D eigenvalue weighted by molar-refractivity contribution is -0.122. The fourth-order valence-corrected chi connectivity index (χ4v) is 5.53. The van der Waals surface area contributed by atoms with Crippen molar-refractivity contribution in [2.75, 3.05) is 52.7 Å². The number of nitrogens with one attached hydrogen (secondary N) is 1. The minimum atomic E-state index is -3.66. The Bertz CT molecular complexity index is 1160. The lowest BCUT2D eigenvalue weighted by Crippen LogP contribution is -2.50. The zero-order valence-electron chi connectivity index (χ0n) is 18.7. The van der Waals surface area contributed by atoms with Crippen molar-refractivity contribution >= 4 is 15.9 Å². The van der Waals surface area contributed by atoms with E-state index in [1.54, 1.807) is 12.1 Å². The summed E-state index contributed by atoms with van der Waals surface area (Å²) in [6, 6.07) is 10.3. The van der Waals surface area contributed by atoms with E-state index in [1.807, 2.05) is 23.1 Å². The second-order valence-electron chi connectivity index (χ2n) is 8.30. The zero-order chi connectivity index (χ0) is 23.5. The average molecular weight is 490 g/mol. The Balaban J connectivity index is 1.12. The van der Waals surface area contributed by atoms with Gasteiger partial charge in [-0.1, -0.05) is 6.07 Å². The minimum Gasteiger partial charge on any atom is -0.490 e. The van der Waals surface area contributed by atoms with Crippen LogP contribution in [0.4, 0.5) is 0 Å². The number of rotatable bonds is 6. The van der Waals surface area contributed by atoms with Crippen LogP contribution in [-0.4, -0.2) is 76.3 Å². The lowest BCUT2D eigenvalue weighted by Gasteiger charge is -2.33. The minimum absolute atomic E-state index is 0.114. The highest BCUT2D eigenvalue weighted by molar-refractivity contribution is 7.89. The van der Waals surface area contributed by atoms with Gasteiger partial charge in [-0.15, -0.1) is 0 Å². The van der Waals surface area contributed by atoms with Gasteiger partial charge in [-0.25, -0.2) is 8.42 Å². The maximum atomic E-state index is 13.1. The van der Waals surface area contributed by atoms with Gasteiger partial charge in [0.15, 0.2) is 23.0 Å². The normalized spacial score (nSPS) is 18.4. The van der Waals surface area contributed by atoms with E-state index in [9.17, 15) is 13.2 Å². The molecule has 34 heavy (non-hydrogen) atoms. The van der Waals surface area contributed by atoms with E-state index in [0.717, 1.165) is 12.0 Å². The van der Waals surface area contributed by atoms with Crippen molar-refractivity contribution in [2.24, 2.45) is 0 Å². The summed E-state index contributed by atoms with van der Waals surface area (Å²) in [6.07, 6.45) is 0.753. The summed E-state index contributed by atoms with van der Waals surface area (Å²) < 4.78 is 49.6. The number of hydrogen-bond donors (Lipinski definition) is 1. The number of amides is 1. The fourth-order valence-electron chi connectivity index (χ4n) is 4.09. The number of carbonyl (C=O) groups excluding carboxylic acids is 1. The van der Waals surface area contributed by atoms with E-state index in [0.29, 0.717) is 68.9 Å². The van der Waals surface area contributed by atoms with Crippen LogP contribution in [0.3, 0.4) is 0 Å². The maximum Gasteiger partial charge on any atom is 0.243 e. The summed E-state index contributed by atoms with van der Waals surface area (Å²) in [6.45, 7) is 3.41. The molecular formula is C23H27N3O7S. The number of sulfonamides is 1. The Morgan fingerprint density at radius 3 is 2.35 bits per heavy atom. The Morgan fingerprint density at radius 1 is 0.853 bits per heavy atom. The first kappa shape index (κ1) is 22.8. The molecule has 2 aromatic carbocycles. The van der Waals surface area contributed by atoms with Gasteiger partial charge < -0.3 is 24.3 Å². The van der Waals surface area contributed by atoms with Gasteiger partial charge in [-0.3, -0.25) is 9.69 Å². The summed E-state index contributed by atoms with van der Waals surface area (Å²) in [5.74, 6) is 2.29. The molecule has 3 aliphatic rings. The Morgan fingerprint density at radius 2 is 1.53 bits per heavy atom. The van der Waals surface area contributed by atoms with Crippen LogP contribution < -0.4 is 24.3 Å². The van der Waals surface area contributed by atoms with E-state index in [1.165, 1.54) is 10.4 Å². The molecule has 0 spiro atoms. The third-order valence-electron chi connectivity index (χ3n) is 5.98. The third-order valence-corrected chi connectivity index (χ3v) is 7.88. The van der Waals surface area contributed by atoms with Crippen LogP contribution in [0.15, 0.2) is 41.3 Å². The Labute approximate surface area is 198 Å². The van der Waals surface area contributed by atoms with E-state index in [4.69, 9.17) is 18.9 Å². The van der Waals surface area contributed by atoms with Crippen molar-refractivity contribution < 1.29 is 32.2 Å². The van der Waals surface area contributed by atoms with E-state index < -0.39 is 10.0 Å². The summed E-state index contributed by atoms with van der Waals surface area (Å²) in [7, 11) is -3.66. The summed E-state index contributed by atoms with van der Waals surface area (Å²) in [5, 5.41) is 2.90. The first-order chi connectivity index (χ1) is 16.5. The second kappa shape index (κ2) is 9.69. The highest BCUT2D eigenvalue weighted by atomic mass is 32.2. The molecule has 1 fully saturated rings. The van der Waals surface area contributed by atoms with Crippen LogP contribution >= 0.6 is 0 Å². The third kappa shape index (κ3) is 4.91. The van der Waals surface area contributed by atoms with Gasteiger partial charge in [0.1, 0.15) is 0 Å². The first-order valence-corrected chi connectivity index (χ1v) is 12.7. The largest absolute Gasteiger partial charge is 0.490 e. The second-order valence-corrected chi connectivity index (χ2v) is 10.2. The molecule has 182 valence electrons. The molecule has 0 radical (unpaired) electrons. The molecule has 1 amide bonds. The lowest BCUT2D eigenvalue weighted by atomic mass is 10.2. The molecule has 0 bridgehead atoms. The maximum absolute atomic E-state index is 13.1. The van der Waals surface area contributed by atoms with E-state index >= 15 is 0 Å². The Kier molecular flexibility index (Phi) is 6.48. The van der Waals surface area contributed by atoms with Crippen molar-refractivity contribution in [2.45, 2.75) is 17.9 Å². The molecule has 0 aromatic heterocycles. The van der Waals surface area contributed by atoms with Gasteiger partial charge >= 0.3 is 0 Å². The fraction of sp³-hybridized carbons (Fsp3) is 0.435. The zero-order valence-corrected chi connectivity index (χ0v) is 19.5. The number of hydrogen-bond acceptors (Lipinski definition) is 8. The molecule has 0 atom stereocenters. The van der Waals surface area contributed by atoms with Crippen LogP contribution in [-0.2, 0) is 21.4 Å². The number of benzene rings is 2. The number of piperazine rings is 1. The predicted octanol–water partition coefficient (Wildman–Crippen LogP) is 1.20. The molecule has 1 N–H and O–H groups in total. The number of fused-ring (bicyclic) bond motifs is 2. The molecule has 1 saturated heterocycles. The smallest absolute Gasteiger partial charge is 0.243 e. The van der Waals surface area contributed by atoms with Crippen molar-refractivity contribution in [3.63, 3.8) is 0 Å². The average Bonchev–Trinajstić information content (AvgIpc) is 3.18. The van der Waals surface area contributed by atoms with Gasteiger partial charge in [-0.2, -0.15) is 4.31 Å². The molecule has 0 unspecified atom stereocenters. The van der Waals surface area contributed by atoms with Gasteiger partial charge in [0.25, 0.3) is 0 Å². The van der Waals surface area contributed by atoms with Gasteiger partial charge in [0, 0.05) is 45.2 Å². The topological polar surface area (TPSA) is 107 Å². The standard InChI is InChI=1S/C23H27N3O7S/c27-23(24-14-17-2-4-20-21(12-17)33-16-32-20)15-25-6-8-26(9-7-25)34(28,29)18-3-5-19-22(13-18)31-11-1-10-30-19/h2-5,12-13H,1,6-11,14-16H2,(H,24,27). The summed E-state index contributed by atoms with van der Waals surface area (Å²) in [4.78, 5) is 14.6. The van der Waals surface area contributed by atoms with Crippen LogP contribution in [0.1, 0.15) is 12.0 Å². The number of carbonyl (C=O) groups is 1. The summed E-state index contributed by atoms with van der Waals surface area (Å²) >= 11 is 0. The molecule has 5 rings (SSSR count). The molecule has 3 aliphatic heterocycles. The van der Waals surface area contributed by atoms with Crippen molar-refractivity contribution in [1.82, 2.24) is 14.5 Å². The number of nitrogens with zero attached hydrogens (tertiary/aromatic N) is 2. The monoisotopic (exact) mass is 489 g/mol. The van der Waals surface area contributed by atoms with Crippen LogP contribution in [0, 0.1) is 0 Å². The summed E-state index contributed by atoms with van der Waals surface area (Å²) in [5.41, 5.74) is 0.920. The molecule has 10 nitrogen and oxygen atoms in total. The SMILES string of the molecule is O=C(CN1CCN(S(=O)(=O)c2ccc3c(c2)OCCCO3)CC1)NCc1ccc2c(c1)OCO2. The number of ether oxygens (including phenoxy) is 4. The first-order valence-electron chi connectivity index (χ1n) is 11.3. The molecule has 3 heterocycles. The highest BCUT2D eigenvalue weighted by Gasteiger charge is 2.30. The van der Waals surface area contributed by atoms with Gasteiger partial charge in [0.2, 0.25) is 22.7 Å². The van der Waals surface area contributed by atoms with Gasteiger partial charge in [-0.05, 0) is 29.8 Å². The quantitative estimate of drug-likeness (QED) is 0.645. The molecule has 2 aromatic rings. The molecule has 0 aliphatic carbocycles. The van der Waals surface area contributed by atoms with Crippen molar-refractivity contribution in [3.05, 3.63) is 42.0 Å². The van der Waals surface area contributed by atoms with Crippen LogP contribution in [0.2, 0.25) is 0 Å². The molecule has 11 heteroatoms. The highest BCUT2D eigenvalue weighted by Crippen LogP contribution is 2.33. The Hall–Kier alpha value is -3.02. The predicted molar refractivity (Wildman–Crippen MR) is 122 cm³/mol.